The van der Waals surface area contributed by atoms with Crippen LogP contribution in [0.25, 0.3) is 5.69 Å². The first-order valence-corrected chi connectivity index (χ1v) is 9.53. The maximum atomic E-state index is 12.2. The summed E-state index contributed by atoms with van der Waals surface area (Å²) < 4.78 is 6.61. The van der Waals surface area contributed by atoms with E-state index in [1.54, 1.807) is 24.7 Å². The molecular weight excluding hydrogens is 370 g/mol. The summed E-state index contributed by atoms with van der Waals surface area (Å²) >= 11 is 0. The molecule has 3 aromatic rings. The van der Waals surface area contributed by atoms with E-state index in [-0.39, 0.29) is 5.56 Å². The predicted molar refractivity (Wildman–Crippen MR) is 110 cm³/mol. The van der Waals surface area contributed by atoms with Gasteiger partial charge in [0, 0.05) is 24.3 Å². The Labute approximate surface area is 168 Å². The lowest BCUT2D eigenvalue weighted by Crippen LogP contribution is -2.22. The molecule has 0 aromatic carbocycles. The SMILES string of the molecule is COc1ccn(-c2ccc(N[C@H]3CC[C@H](Nc4ncc(C)nn4)C3)nc2)c(=O)c1. The van der Waals surface area contributed by atoms with Crippen molar-refractivity contribution in [1.29, 1.82) is 0 Å². The van der Waals surface area contributed by atoms with Gasteiger partial charge in [0.2, 0.25) is 5.95 Å². The van der Waals surface area contributed by atoms with Crippen LogP contribution in [0.3, 0.4) is 0 Å². The molecule has 0 saturated heterocycles. The second-order valence-electron chi connectivity index (χ2n) is 7.10. The van der Waals surface area contributed by atoms with E-state index in [0.29, 0.717) is 29.5 Å². The van der Waals surface area contributed by atoms with Gasteiger partial charge in [-0.2, -0.15) is 5.10 Å². The Hall–Kier alpha value is -3.49. The minimum absolute atomic E-state index is 0.163. The molecule has 4 rings (SSSR count). The molecule has 0 aliphatic heterocycles. The Bertz CT molecular complexity index is 1020. The third-order valence-corrected chi connectivity index (χ3v) is 4.95. The summed E-state index contributed by atoms with van der Waals surface area (Å²) in [6.45, 7) is 1.86. The lowest BCUT2D eigenvalue weighted by atomic mass is 10.2. The molecule has 9 nitrogen and oxygen atoms in total. The monoisotopic (exact) mass is 393 g/mol. The van der Waals surface area contributed by atoms with Crippen LogP contribution in [0.1, 0.15) is 25.0 Å². The summed E-state index contributed by atoms with van der Waals surface area (Å²) in [7, 11) is 1.54. The van der Waals surface area contributed by atoms with Crippen molar-refractivity contribution in [2.45, 2.75) is 38.3 Å². The number of pyridine rings is 2. The van der Waals surface area contributed by atoms with Crippen molar-refractivity contribution in [3.05, 3.63) is 58.9 Å². The molecule has 1 saturated carbocycles. The van der Waals surface area contributed by atoms with E-state index in [1.165, 1.54) is 17.7 Å². The molecule has 0 spiro atoms. The molecule has 2 atom stereocenters. The highest BCUT2D eigenvalue weighted by Crippen LogP contribution is 2.24. The lowest BCUT2D eigenvalue weighted by Gasteiger charge is -2.15. The summed E-state index contributed by atoms with van der Waals surface area (Å²) in [4.78, 5) is 20.9. The van der Waals surface area contributed by atoms with Gasteiger partial charge < -0.3 is 15.4 Å². The number of hydrogen-bond donors (Lipinski definition) is 2. The Morgan fingerprint density at radius 3 is 2.55 bits per heavy atom. The van der Waals surface area contributed by atoms with Gasteiger partial charge in [-0.3, -0.25) is 9.36 Å². The fraction of sp³-hybridized carbons (Fsp3) is 0.350. The Morgan fingerprint density at radius 1 is 1.07 bits per heavy atom. The van der Waals surface area contributed by atoms with Crippen LogP contribution in [0.2, 0.25) is 0 Å². The van der Waals surface area contributed by atoms with E-state index in [9.17, 15) is 4.79 Å². The number of aromatic nitrogens is 5. The molecule has 9 heteroatoms. The molecule has 150 valence electrons. The third kappa shape index (κ3) is 4.50. The summed E-state index contributed by atoms with van der Waals surface area (Å²) in [5, 5.41) is 14.9. The number of anilines is 2. The normalized spacial score (nSPS) is 18.4. The molecule has 0 amide bonds. The maximum absolute atomic E-state index is 12.2. The molecule has 1 aliphatic rings. The number of ether oxygens (including phenoxy) is 1. The van der Waals surface area contributed by atoms with Crippen molar-refractivity contribution in [2.24, 2.45) is 0 Å². The first-order valence-electron chi connectivity index (χ1n) is 9.53. The highest BCUT2D eigenvalue weighted by atomic mass is 16.5. The van der Waals surface area contributed by atoms with Crippen molar-refractivity contribution in [3.8, 4) is 11.4 Å². The number of nitrogens with zero attached hydrogens (tertiary/aromatic N) is 5. The molecule has 3 aromatic heterocycles. The average Bonchev–Trinajstić information content (AvgIpc) is 3.17. The smallest absolute Gasteiger partial charge is 0.258 e. The van der Waals surface area contributed by atoms with Gasteiger partial charge in [0.25, 0.3) is 5.56 Å². The van der Waals surface area contributed by atoms with Gasteiger partial charge in [0.15, 0.2) is 0 Å². The van der Waals surface area contributed by atoms with Gasteiger partial charge in [0.05, 0.1) is 30.9 Å². The minimum Gasteiger partial charge on any atom is -0.497 e. The van der Waals surface area contributed by atoms with Gasteiger partial charge in [-0.1, -0.05) is 0 Å². The predicted octanol–water partition coefficient (Wildman–Crippen LogP) is 2.18. The zero-order chi connectivity index (χ0) is 20.2. The second-order valence-corrected chi connectivity index (χ2v) is 7.10. The summed E-state index contributed by atoms with van der Waals surface area (Å²) in [6, 6.07) is 7.57. The van der Waals surface area contributed by atoms with E-state index in [0.717, 1.165) is 30.8 Å². The minimum atomic E-state index is -0.163. The Morgan fingerprint density at radius 2 is 1.90 bits per heavy atom. The molecule has 0 radical (unpaired) electrons. The topological polar surface area (TPSA) is 107 Å². The second kappa shape index (κ2) is 8.26. The Balaban J connectivity index is 1.36. The van der Waals surface area contributed by atoms with Crippen LogP contribution in [0, 0.1) is 6.92 Å². The van der Waals surface area contributed by atoms with Gasteiger partial charge in [-0.05, 0) is 44.4 Å². The van der Waals surface area contributed by atoms with E-state index in [4.69, 9.17) is 4.74 Å². The van der Waals surface area contributed by atoms with Gasteiger partial charge in [0.1, 0.15) is 11.6 Å². The van der Waals surface area contributed by atoms with Crippen LogP contribution in [-0.2, 0) is 0 Å². The van der Waals surface area contributed by atoms with E-state index in [2.05, 4.69) is 30.8 Å². The highest BCUT2D eigenvalue weighted by Gasteiger charge is 2.25. The molecule has 0 unspecified atom stereocenters. The molecule has 1 aliphatic carbocycles. The van der Waals surface area contributed by atoms with Crippen molar-refractivity contribution in [2.75, 3.05) is 17.7 Å². The fourth-order valence-electron chi connectivity index (χ4n) is 3.45. The molecule has 1 fully saturated rings. The van der Waals surface area contributed by atoms with Crippen LogP contribution >= 0.6 is 0 Å². The van der Waals surface area contributed by atoms with Gasteiger partial charge in [-0.25, -0.2) is 9.97 Å². The zero-order valence-electron chi connectivity index (χ0n) is 16.4. The maximum Gasteiger partial charge on any atom is 0.258 e. The first kappa shape index (κ1) is 18.9. The largest absolute Gasteiger partial charge is 0.497 e. The molecular formula is C20H23N7O2. The van der Waals surface area contributed by atoms with Crippen molar-refractivity contribution in [3.63, 3.8) is 0 Å². The standard InChI is InChI=1S/C20H23N7O2/c1-13-11-22-20(26-25-13)24-15-4-3-14(9-15)23-18-6-5-16(12-21-18)27-8-7-17(29-2)10-19(27)28/h5-8,10-12,14-15H,3-4,9H2,1-2H3,(H,21,23)(H,22,24,26)/t14-,15-/m0/s1. The number of methoxy groups -OCH3 is 1. The number of hydrogen-bond acceptors (Lipinski definition) is 8. The zero-order valence-corrected chi connectivity index (χ0v) is 16.4. The van der Waals surface area contributed by atoms with Crippen molar-refractivity contribution >= 4 is 11.8 Å². The van der Waals surface area contributed by atoms with Crippen LogP contribution in [0.15, 0.2) is 47.7 Å². The summed E-state index contributed by atoms with van der Waals surface area (Å²) in [6.07, 6.45) is 8.07. The van der Waals surface area contributed by atoms with Crippen LogP contribution < -0.4 is 20.9 Å². The Kier molecular flexibility index (Phi) is 5.37. The molecule has 3 heterocycles. The molecule has 2 N–H and O–H groups in total. The third-order valence-electron chi connectivity index (χ3n) is 4.95. The average molecular weight is 393 g/mol. The summed E-state index contributed by atoms with van der Waals surface area (Å²) in [5.41, 5.74) is 1.34. The fourth-order valence-corrected chi connectivity index (χ4v) is 3.45. The van der Waals surface area contributed by atoms with Crippen LogP contribution in [0.4, 0.5) is 11.8 Å². The van der Waals surface area contributed by atoms with Crippen LogP contribution in [-0.4, -0.2) is 43.9 Å². The highest BCUT2D eigenvalue weighted by molar-refractivity contribution is 5.42. The molecule has 0 bridgehead atoms. The summed E-state index contributed by atoms with van der Waals surface area (Å²) in [5.74, 6) is 1.89. The number of nitrogens with one attached hydrogen (secondary N) is 2. The lowest BCUT2D eigenvalue weighted by molar-refractivity contribution is 0.413. The van der Waals surface area contributed by atoms with Gasteiger partial charge in [-0.15, -0.1) is 5.10 Å². The van der Waals surface area contributed by atoms with Gasteiger partial charge >= 0.3 is 0 Å². The number of aryl methyl sites for hydroxylation is 1. The first-order chi connectivity index (χ1) is 14.1. The van der Waals surface area contributed by atoms with Crippen molar-refractivity contribution < 1.29 is 4.74 Å². The van der Waals surface area contributed by atoms with E-state index >= 15 is 0 Å². The van der Waals surface area contributed by atoms with E-state index in [1.807, 2.05) is 19.1 Å². The van der Waals surface area contributed by atoms with Crippen LogP contribution in [0.5, 0.6) is 5.75 Å². The molecule has 29 heavy (non-hydrogen) atoms. The van der Waals surface area contributed by atoms with Crippen molar-refractivity contribution in [1.82, 2.24) is 24.7 Å². The van der Waals surface area contributed by atoms with E-state index < -0.39 is 0 Å². The quantitative estimate of drug-likeness (QED) is 0.656. The number of rotatable bonds is 6.